The zero-order valence-electron chi connectivity index (χ0n) is 8.63. The van der Waals surface area contributed by atoms with Gasteiger partial charge in [0.25, 0.3) is 0 Å². The molecule has 1 heterocycles. The second-order valence-electron chi connectivity index (χ2n) is 3.34. The van der Waals surface area contributed by atoms with Gasteiger partial charge in [-0.05, 0) is 41.2 Å². The highest BCUT2D eigenvalue weighted by Crippen LogP contribution is 2.27. The van der Waals surface area contributed by atoms with Gasteiger partial charge < -0.3 is 9.84 Å². The Morgan fingerprint density at radius 1 is 1.50 bits per heavy atom. The van der Waals surface area contributed by atoms with Crippen molar-refractivity contribution in [1.82, 2.24) is 10.5 Å². The minimum absolute atomic E-state index is 0.293. The molecule has 16 heavy (non-hydrogen) atoms. The normalized spacial score (nSPS) is 10.7. The maximum absolute atomic E-state index is 13.1. The van der Waals surface area contributed by atoms with E-state index in [0.717, 1.165) is 11.1 Å². The Morgan fingerprint density at radius 3 is 3.00 bits per heavy atom. The van der Waals surface area contributed by atoms with Crippen LogP contribution in [0.15, 0.2) is 33.4 Å². The van der Waals surface area contributed by atoms with Crippen LogP contribution in [0, 0.1) is 5.82 Å². The Labute approximate surface area is 101 Å². The summed E-state index contributed by atoms with van der Waals surface area (Å²) in [6.45, 7) is 0.661. The molecule has 0 amide bonds. The number of aromatic nitrogens is 1. The van der Waals surface area contributed by atoms with Crippen LogP contribution in [-0.2, 0) is 6.54 Å². The van der Waals surface area contributed by atoms with Gasteiger partial charge in [-0.15, -0.1) is 0 Å². The van der Waals surface area contributed by atoms with E-state index >= 15 is 0 Å². The van der Waals surface area contributed by atoms with Crippen molar-refractivity contribution in [2.24, 2.45) is 0 Å². The Balaban J connectivity index is 2.42. The SMILES string of the molecule is CNCc1cnoc1-c1ccc(F)c(Br)c1. The second-order valence-corrected chi connectivity index (χ2v) is 4.19. The summed E-state index contributed by atoms with van der Waals surface area (Å²) in [4.78, 5) is 0. The van der Waals surface area contributed by atoms with Crippen LogP contribution in [0.3, 0.4) is 0 Å². The summed E-state index contributed by atoms with van der Waals surface area (Å²) in [5.74, 6) is 0.369. The van der Waals surface area contributed by atoms with Crippen LogP contribution >= 0.6 is 15.9 Å². The fourth-order valence-corrected chi connectivity index (χ4v) is 1.83. The van der Waals surface area contributed by atoms with Crippen molar-refractivity contribution in [3.63, 3.8) is 0 Å². The number of hydrogen-bond donors (Lipinski definition) is 1. The highest BCUT2D eigenvalue weighted by molar-refractivity contribution is 9.10. The number of hydrogen-bond acceptors (Lipinski definition) is 3. The molecule has 1 aromatic carbocycles. The highest BCUT2D eigenvalue weighted by Gasteiger charge is 2.11. The molecule has 0 aliphatic carbocycles. The fraction of sp³-hybridized carbons (Fsp3) is 0.182. The smallest absolute Gasteiger partial charge is 0.171 e. The summed E-state index contributed by atoms with van der Waals surface area (Å²) < 4.78 is 18.7. The number of halogens is 2. The van der Waals surface area contributed by atoms with E-state index in [9.17, 15) is 4.39 Å². The van der Waals surface area contributed by atoms with Crippen molar-refractivity contribution in [3.8, 4) is 11.3 Å². The second kappa shape index (κ2) is 4.76. The topological polar surface area (TPSA) is 38.1 Å². The lowest BCUT2D eigenvalue weighted by Gasteiger charge is -2.01. The molecule has 3 nitrogen and oxygen atoms in total. The summed E-state index contributed by atoms with van der Waals surface area (Å²) in [7, 11) is 1.84. The standard InChI is InChI=1S/C11H10BrFN2O/c1-14-5-8-6-15-16-11(8)7-2-3-10(13)9(12)4-7/h2-4,6,14H,5H2,1H3. The van der Waals surface area contributed by atoms with Crippen LogP contribution in [-0.4, -0.2) is 12.2 Å². The van der Waals surface area contributed by atoms with Gasteiger partial charge in [0.1, 0.15) is 5.82 Å². The maximum atomic E-state index is 13.1. The number of benzene rings is 1. The lowest BCUT2D eigenvalue weighted by atomic mass is 10.1. The summed E-state index contributed by atoms with van der Waals surface area (Å²) >= 11 is 3.14. The molecule has 0 radical (unpaired) electrons. The van der Waals surface area contributed by atoms with Crippen LogP contribution in [0.2, 0.25) is 0 Å². The minimum atomic E-state index is -0.293. The molecule has 0 saturated carbocycles. The molecule has 1 aromatic heterocycles. The Bertz CT molecular complexity index is 498. The fourth-order valence-electron chi connectivity index (χ4n) is 1.45. The van der Waals surface area contributed by atoms with Crippen LogP contribution in [0.5, 0.6) is 0 Å². The van der Waals surface area contributed by atoms with E-state index in [-0.39, 0.29) is 5.82 Å². The summed E-state index contributed by atoms with van der Waals surface area (Å²) in [5.41, 5.74) is 1.75. The molecule has 0 unspecified atom stereocenters. The van der Waals surface area contributed by atoms with E-state index in [1.54, 1.807) is 18.3 Å². The third kappa shape index (κ3) is 2.15. The molecular formula is C11H10BrFN2O. The Hall–Kier alpha value is -1.20. The predicted molar refractivity (Wildman–Crippen MR) is 62.4 cm³/mol. The van der Waals surface area contributed by atoms with E-state index in [2.05, 4.69) is 26.4 Å². The summed E-state index contributed by atoms with van der Waals surface area (Å²) in [6, 6.07) is 4.74. The summed E-state index contributed by atoms with van der Waals surface area (Å²) in [6.07, 6.45) is 1.66. The molecule has 0 saturated heterocycles. The van der Waals surface area contributed by atoms with E-state index in [4.69, 9.17) is 4.52 Å². The first-order chi connectivity index (χ1) is 7.72. The van der Waals surface area contributed by atoms with Gasteiger partial charge in [-0.25, -0.2) is 4.39 Å². The van der Waals surface area contributed by atoms with Gasteiger partial charge in [0, 0.05) is 17.7 Å². The average Bonchev–Trinajstić information content (AvgIpc) is 2.71. The third-order valence-electron chi connectivity index (χ3n) is 2.19. The number of nitrogens with one attached hydrogen (secondary N) is 1. The quantitative estimate of drug-likeness (QED) is 0.942. The molecule has 0 aliphatic heterocycles. The number of rotatable bonds is 3. The van der Waals surface area contributed by atoms with Gasteiger partial charge in [-0.1, -0.05) is 5.16 Å². The Kier molecular flexibility index (Phi) is 3.36. The lowest BCUT2D eigenvalue weighted by Crippen LogP contribution is -2.04. The predicted octanol–water partition coefficient (Wildman–Crippen LogP) is 2.96. The highest BCUT2D eigenvalue weighted by atomic mass is 79.9. The van der Waals surface area contributed by atoms with E-state index in [1.807, 2.05) is 7.05 Å². The molecule has 0 bridgehead atoms. The van der Waals surface area contributed by atoms with Crippen molar-refractivity contribution >= 4 is 15.9 Å². The minimum Gasteiger partial charge on any atom is -0.356 e. The van der Waals surface area contributed by atoms with Gasteiger partial charge >= 0.3 is 0 Å². The molecule has 2 rings (SSSR count). The van der Waals surface area contributed by atoms with Gasteiger partial charge in [0.15, 0.2) is 5.76 Å². The summed E-state index contributed by atoms with van der Waals surface area (Å²) in [5, 5.41) is 6.77. The van der Waals surface area contributed by atoms with Gasteiger partial charge in [-0.3, -0.25) is 0 Å². The van der Waals surface area contributed by atoms with Crippen molar-refractivity contribution in [3.05, 3.63) is 40.2 Å². The molecule has 0 fully saturated rings. The lowest BCUT2D eigenvalue weighted by molar-refractivity contribution is 0.431. The van der Waals surface area contributed by atoms with Gasteiger partial charge in [0.2, 0.25) is 0 Å². The van der Waals surface area contributed by atoms with Crippen LogP contribution in [0.1, 0.15) is 5.56 Å². The monoisotopic (exact) mass is 284 g/mol. The molecular weight excluding hydrogens is 275 g/mol. The van der Waals surface area contributed by atoms with Crippen molar-refractivity contribution in [2.75, 3.05) is 7.05 Å². The first kappa shape index (κ1) is 11.3. The number of nitrogens with zero attached hydrogens (tertiary/aromatic N) is 1. The van der Waals surface area contributed by atoms with Gasteiger partial charge in [0.05, 0.1) is 10.7 Å². The first-order valence-corrected chi connectivity index (χ1v) is 5.55. The van der Waals surface area contributed by atoms with Crippen molar-refractivity contribution < 1.29 is 8.91 Å². The molecule has 1 N–H and O–H groups in total. The van der Waals surface area contributed by atoms with E-state index < -0.39 is 0 Å². The molecule has 0 atom stereocenters. The van der Waals surface area contributed by atoms with Crippen LogP contribution in [0.4, 0.5) is 4.39 Å². The van der Waals surface area contributed by atoms with E-state index in [1.165, 1.54) is 6.07 Å². The first-order valence-electron chi connectivity index (χ1n) is 4.76. The molecule has 2 aromatic rings. The Morgan fingerprint density at radius 2 is 2.31 bits per heavy atom. The third-order valence-corrected chi connectivity index (χ3v) is 2.80. The zero-order valence-corrected chi connectivity index (χ0v) is 10.2. The van der Waals surface area contributed by atoms with Crippen LogP contribution < -0.4 is 5.32 Å². The maximum Gasteiger partial charge on any atom is 0.171 e. The molecule has 5 heteroatoms. The van der Waals surface area contributed by atoms with Crippen LogP contribution in [0.25, 0.3) is 11.3 Å². The van der Waals surface area contributed by atoms with E-state index in [0.29, 0.717) is 16.8 Å². The van der Waals surface area contributed by atoms with Crippen molar-refractivity contribution in [1.29, 1.82) is 0 Å². The molecule has 0 spiro atoms. The largest absolute Gasteiger partial charge is 0.356 e. The zero-order chi connectivity index (χ0) is 11.5. The van der Waals surface area contributed by atoms with Crippen molar-refractivity contribution in [2.45, 2.75) is 6.54 Å². The molecule has 0 aliphatic rings. The van der Waals surface area contributed by atoms with Gasteiger partial charge in [-0.2, -0.15) is 0 Å². The molecule has 84 valence electrons. The average molecular weight is 285 g/mol.